The van der Waals surface area contributed by atoms with Crippen molar-refractivity contribution in [2.24, 2.45) is 0 Å². The van der Waals surface area contributed by atoms with Crippen LogP contribution in [0.2, 0.25) is 0 Å². The van der Waals surface area contributed by atoms with Crippen LogP contribution in [0.1, 0.15) is 0 Å². The number of rotatable bonds is 6. The normalized spacial score (nSPS) is 11.3. The van der Waals surface area contributed by atoms with Crippen molar-refractivity contribution >= 4 is 21.8 Å². The van der Waals surface area contributed by atoms with Crippen LogP contribution >= 0.6 is 0 Å². The molecule has 9 rings (SSSR count). The highest BCUT2D eigenvalue weighted by molar-refractivity contribution is 6.09. The van der Waals surface area contributed by atoms with Gasteiger partial charge < -0.3 is 4.57 Å². The maximum absolute atomic E-state index is 5.12. The lowest BCUT2D eigenvalue weighted by Gasteiger charge is -2.12. The lowest BCUT2D eigenvalue weighted by Crippen LogP contribution is -1.97. The lowest BCUT2D eigenvalue weighted by molar-refractivity contribution is 1.17. The van der Waals surface area contributed by atoms with E-state index in [1.807, 2.05) is 12.1 Å². The van der Waals surface area contributed by atoms with Gasteiger partial charge in [0.2, 0.25) is 0 Å². The van der Waals surface area contributed by atoms with E-state index < -0.39 is 0 Å². The van der Waals surface area contributed by atoms with E-state index in [1.165, 1.54) is 38.5 Å². The standard InChI is InChI=1S/C46H31N3/c1-3-11-32(12-4-1)33-19-21-34(22-20-33)35-23-25-38(26-24-35)46-47-42(36-13-5-2-6-14-36)31-43(48-46)37-27-29-39(30-28-37)49-44-17-9-7-15-40(44)41-16-8-10-18-45(41)49/h1-31H. The summed E-state index contributed by atoms with van der Waals surface area (Å²) in [4.78, 5) is 10.2. The number of hydrogen-bond acceptors (Lipinski definition) is 2. The first-order valence-electron chi connectivity index (χ1n) is 16.6. The fraction of sp³-hybridized carbons (Fsp3) is 0. The molecule has 0 radical (unpaired) electrons. The van der Waals surface area contributed by atoms with Gasteiger partial charge in [0, 0.05) is 33.2 Å². The Bertz CT molecular complexity index is 2500. The van der Waals surface area contributed by atoms with Crippen LogP contribution in [0.4, 0.5) is 0 Å². The first kappa shape index (κ1) is 28.6. The maximum Gasteiger partial charge on any atom is 0.160 e. The van der Waals surface area contributed by atoms with Crippen LogP contribution in [-0.2, 0) is 0 Å². The molecule has 0 aliphatic heterocycles. The molecule has 0 spiro atoms. The summed E-state index contributed by atoms with van der Waals surface area (Å²) in [6.07, 6.45) is 0. The number of hydrogen-bond donors (Lipinski definition) is 0. The summed E-state index contributed by atoms with van der Waals surface area (Å²) in [5, 5.41) is 2.51. The molecule has 3 nitrogen and oxygen atoms in total. The predicted octanol–water partition coefficient (Wildman–Crippen LogP) is 11.9. The molecule has 9 aromatic rings. The smallest absolute Gasteiger partial charge is 0.160 e. The van der Waals surface area contributed by atoms with Crippen molar-refractivity contribution in [2.45, 2.75) is 0 Å². The van der Waals surface area contributed by atoms with E-state index >= 15 is 0 Å². The minimum Gasteiger partial charge on any atom is -0.309 e. The number of benzene rings is 7. The monoisotopic (exact) mass is 625 g/mol. The highest BCUT2D eigenvalue weighted by Crippen LogP contribution is 2.34. The van der Waals surface area contributed by atoms with E-state index in [2.05, 4.69) is 180 Å². The molecule has 0 aliphatic rings. The van der Waals surface area contributed by atoms with E-state index in [1.54, 1.807) is 0 Å². The molecule has 0 unspecified atom stereocenters. The van der Waals surface area contributed by atoms with Crippen LogP contribution in [0.15, 0.2) is 188 Å². The van der Waals surface area contributed by atoms with Crippen molar-refractivity contribution in [3.05, 3.63) is 188 Å². The van der Waals surface area contributed by atoms with E-state index in [9.17, 15) is 0 Å². The van der Waals surface area contributed by atoms with Gasteiger partial charge in [0.15, 0.2) is 5.82 Å². The van der Waals surface area contributed by atoms with Crippen molar-refractivity contribution in [1.29, 1.82) is 0 Å². The van der Waals surface area contributed by atoms with Gasteiger partial charge in [0.25, 0.3) is 0 Å². The van der Waals surface area contributed by atoms with Crippen molar-refractivity contribution in [3.63, 3.8) is 0 Å². The van der Waals surface area contributed by atoms with Gasteiger partial charge in [-0.15, -0.1) is 0 Å². The van der Waals surface area contributed by atoms with Crippen molar-refractivity contribution < 1.29 is 0 Å². The van der Waals surface area contributed by atoms with E-state index in [-0.39, 0.29) is 0 Å². The van der Waals surface area contributed by atoms with Crippen LogP contribution in [-0.4, -0.2) is 14.5 Å². The van der Waals surface area contributed by atoms with Gasteiger partial charge in [-0.2, -0.15) is 0 Å². The van der Waals surface area contributed by atoms with Gasteiger partial charge in [-0.25, -0.2) is 9.97 Å². The molecule has 49 heavy (non-hydrogen) atoms. The second-order valence-electron chi connectivity index (χ2n) is 12.3. The largest absolute Gasteiger partial charge is 0.309 e. The number of aromatic nitrogens is 3. The predicted molar refractivity (Wildman–Crippen MR) is 204 cm³/mol. The van der Waals surface area contributed by atoms with Crippen molar-refractivity contribution in [1.82, 2.24) is 14.5 Å². The highest BCUT2D eigenvalue weighted by atomic mass is 15.0. The van der Waals surface area contributed by atoms with Crippen molar-refractivity contribution in [2.75, 3.05) is 0 Å². The van der Waals surface area contributed by atoms with Crippen LogP contribution in [0, 0.1) is 0 Å². The molecule has 0 bridgehead atoms. The molecule has 230 valence electrons. The van der Waals surface area contributed by atoms with Crippen LogP contribution in [0.25, 0.3) is 83.6 Å². The summed E-state index contributed by atoms with van der Waals surface area (Å²) < 4.78 is 2.34. The van der Waals surface area contributed by atoms with Gasteiger partial charge in [0.1, 0.15) is 0 Å². The second-order valence-corrected chi connectivity index (χ2v) is 12.3. The molecule has 2 heterocycles. The Morgan fingerprint density at radius 1 is 0.306 bits per heavy atom. The zero-order valence-corrected chi connectivity index (χ0v) is 26.7. The summed E-state index contributed by atoms with van der Waals surface area (Å²) in [6.45, 7) is 0. The van der Waals surface area contributed by atoms with Gasteiger partial charge in [-0.3, -0.25) is 0 Å². The van der Waals surface area contributed by atoms with Gasteiger partial charge in [0.05, 0.1) is 22.4 Å². The van der Waals surface area contributed by atoms with Crippen LogP contribution < -0.4 is 0 Å². The lowest BCUT2D eigenvalue weighted by atomic mass is 9.99. The third kappa shape index (κ3) is 5.38. The molecule has 0 fully saturated rings. The number of nitrogens with zero attached hydrogens (tertiary/aromatic N) is 3. The number of para-hydroxylation sites is 2. The van der Waals surface area contributed by atoms with Crippen LogP contribution in [0.5, 0.6) is 0 Å². The SMILES string of the molecule is c1ccc(-c2ccc(-c3ccc(-c4nc(-c5ccccc5)cc(-c5ccc(-n6c7ccccc7c7ccccc76)cc5)n4)cc3)cc2)cc1. The summed E-state index contributed by atoms with van der Waals surface area (Å²) in [5.41, 5.74) is 13.1. The molecule has 0 aliphatic carbocycles. The van der Waals surface area contributed by atoms with E-state index in [4.69, 9.17) is 9.97 Å². The molecule has 7 aromatic carbocycles. The Morgan fingerprint density at radius 3 is 1.18 bits per heavy atom. The summed E-state index contributed by atoms with van der Waals surface area (Å²) in [7, 11) is 0. The molecule has 0 saturated heterocycles. The number of fused-ring (bicyclic) bond motifs is 3. The van der Waals surface area contributed by atoms with Gasteiger partial charge >= 0.3 is 0 Å². The molecule has 3 heteroatoms. The average Bonchev–Trinajstić information content (AvgIpc) is 3.53. The van der Waals surface area contributed by atoms with Crippen LogP contribution in [0.3, 0.4) is 0 Å². The molecule has 0 amide bonds. The molecule has 0 N–H and O–H groups in total. The minimum absolute atomic E-state index is 0.703. The molecular weight excluding hydrogens is 595 g/mol. The third-order valence-electron chi connectivity index (χ3n) is 9.27. The fourth-order valence-corrected chi connectivity index (χ4v) is 6.76. The Labute approximate surface area is 285 Å². The molecule has 0 atom stereocenters. The minimum atomic E-state index is 0.703. The summed E-state index contributed by atoms with van der Waals surface area (Å²) in [5.74, 6) is 0.703. The van der Waals surface area contributed by atoms with Gasteiger partial charge in [-0.1, -0.05) is 158 Å². The highest BCUT2D eigenvalue weighted by Gasteiger charge is 2.14. The fourth-order valence-electron chi connectivity index (χ4n) is 6.76. The Balaban J connectivity index is 1.08. The van der Waals surface area contributed by atoms with E-state index in [0.29, 0.717) is 5.82 Å². The zero-order valence-electron chi connectivity index (χ0n) is 26.7. The first-order chi connectivity index (χ1) is 24.3. The molecular formula is C46H31N3. The first-order valence-corrected chi connectivity index (χ1v) is 16.6. The summed E-state index contributed by atoms with van der Waals surface area (Å²) >= 11 is 0. The quantitative estimate of drug-likeness (QED) is 0.184. The molecule has 2 aromatic heterocycles. The second kappa shape index (κ2) is 12.2. The Morgan fingerprint density at radius 2 is 0.673 bits per heavy atom. The van der Waals surface area contributed by atoms with E-state index in [0.717, 1.165) is 39.3 Å². The maximum atomic E-state index is 5.12. The Hall–Kier alpha value is -6.58. The van der Waals surface area contributed by atoms with Gasteiger partial charge in [-0.05, 0) is 52.6 Å². The summed E-state index contributed by atoms with van der Waals surface area (Å²) in [6, 6.07) is 66.1. The Kier molecular flexibility index (Phi) is 7.14. The third-order valence-corrected chi connectivity index (χ3v) is 9.27. The average molecular weight is 626 g/mol. The van der Waals surface area contributed by atoms with Crippen molar-refractivity contribution in [3.8, 4) is 61.8 Å². The topological polar surface area (TPSA) is 30.7 Å². The molecule has 0 saturated carbocycles. The zero-order chi connectivity index (χ0) is 32.6.